The van der Waals surface area contributed by atoms with Crippen molar-refractivity contribution in [2.75, 3.05) is 0 Å². The van der Waals surface area contributed by atoms with Crippen molar-refractivity contribution in [3.8, 4) is 5.88 Å². The summed E-state index contributed by atoms with van der Waals surface area (Å²) in [6.07, 6.45) is 10.2. The first-order valence-corrected chi connectivity index (χ1v) is 23.4. The third-order valence-corrected chi connectivity index (χ3v) is 31.4. The average Bonchev–Trinajstić information content (AvgIpc) is 3.21. The minimum absolute atomic E-state index is 0.185. The Morgan fingerprint density at radius 2 is 1.50 bits per heavy atom. The first-order valence-electron chi connectivity index (χ1n) is 12.2. The summed E-state index contributed by atoms with van der Waals surface area (Å²) in [5.74, 6) is 0.891. The summed E-state index contributed by atoms with van der Waals surface area (Å²) < 4.78 is 15.4. The van der Waals surface area contributed by atoms with Crippen LogP contribution in [0.5, 0.6) is 5.88 Å². The molecule has 172 valence electrons. The van der Waals surface area contributed by atoms with Crippen molar-refractivity contribution in [1.29, 1.82) is 0 Å². The molecule has 0 radical (unpaired) electrons. The molecule has 0 atom stereocenters. The number of unbranched alkanes of at least 4 members (excludes halogenated alkanes) is 3. The topological polar surface area (TPSA) is 26.5 Å². The zero-order valence-corrected chi connectivity index (χ0v) is 25.8. The normalized spacial score (nSPS) is 13.4. The van der Waals surface area contributed by atoms with Gasteiger partial charge in [0.1, 0.15) is 0 Å². The van der Waals surface area contributed by atoms with E-state index in [1.807, 2.05) is 6.33 Å². The van der Waals surface area contributed by atoms with Gasteiger partial charge in [-0.05, 0) is 0 Å². The van der Waals surface area contributed by atoms with E-state index in [2.05, 4.69) is 77.3 Å². The van der Waals surface area contributed by atoms with Gasteiger partial charge in [0, 0.05) is 0 Å². The number of nitrogens with zero attached hydrogens (tertiary/aromatic N) is 2. The van der Waals surface area contributed by atoms with Gasteiger partial charge >= 0.3 is 196 Å². The van der Waals surface area contributed by atoms with E-state index >= 15 is 0 Å². The van der Waals surface area contributed by atoms with E-state index in [9.17, 15) is 0 Å². The molecule has 2 rings (SSSR count). The van der Waals surface area contributed by atoms with Gasteiger partial charge in [-0.3, -0.25) is 0 Å². The number of hydrogen-bond acceptors (Lipinski definition) is 3. The molecule has 0 amide bonds. The number of imidazole rings is 1. The first kappa shape index (κ1) is 26.2. The molecule has 0 saturated carbocycles. The van der Waals surface area contributed by atoms with Crippen LogP contribution in [0.1, 0.15) is 85.8 Å². The zero-order chi connectivity index (χ0) is 22.6. The van der Waals surface area contributed by atoms with Crippen molar-refractivity contribution < 1.29 is 4.43 Å². The molecule has 0 spiro atoms. The van der Waals surface area contributed by atoms with Crippen LogP contribution in [0.3, 0.4) is 0 Å². The van der Waals surface area contributed by atoms with Crippen LogP contribution in [0.15, 0.2) is 6.33 Å². The molecule has 0 aliphatic carbocycles. The molecule has 2 aromatic heterocycles. The van der Waals surface area contributed by atoms with E-state index in [-0.39, 0.29) is 5.04 Å². The van der Waals surface area contributed by atoms with Crippen molar-refractivity contribution in [1.82, 2.24) is 9.38 Å². The van der Waals surface area contributed by atoms with Crippen molar-refractivity contribution in [3.05, 3.63) is 12.0 Å². The predicted octanol–water partition coefficient (Wildman–Crippen LogP) is 8.14. The average molecular weight is 558 g/mol. The molecule has 0 aliphatic rings. The van der Waals surface area contributed by atoms with Gasteiger partial charge in [-0.25, -0.2) is 0 Å². The summed E-state index contributed by atoms with van der Waals surface area (Å²) in [7, 11) is -1.90. The van der Waals surface area contributed by atoms with Gasteiger partial charge in [-0.2, -0.15) is 0 Å². The fraction of sp³-hybridized carbons (Fsp3) is 0.792. The second-order valence-electron chi connectivity index (χ2n) is 10.7. The molecule has 2 heterocycles. The SMILES string of the molecule is CCC[CH2][Sn]([CH2]CCC)([CH2]CCC)[c]1sc2c(O[Si](C)(C)C(C)(C)C)ncn2c1C. The van der Waals surface area contributed by atoms with Gasteiger partial charge in [0.15, 0.2) is 0 Å². The molecule has 0 N–H and O–H groups in total. The summed E-state index contributed by atoms with van der Waals surface area (Å²) in [4.78, 5) is 6.00. The molecular weight excluding hydrogens is 511 g/mol. The van der Waals surface area contributed by atoms with Crippen LogP contribution in [0.4, 0.5) is 0 Å². The van der Waals surface area contributed by atoms with Gasteiger partial charge in [0.2, 0.25) is 0 Å². The van der Waals surface area contributed by atoms with Crippen LogP contribution in [0.25, 0.3) is 4.83 Å². The molecule has 3 nitrogen and oxygen atoms in total. The van der Waals surface area contributed by atoms with Gasteiger partial charge < -0.3 is 0 Å². The van der Waals surface area contributed by atoms with Gasteiger partial charge in [-0.15, -0.1) is 0 Å². The van der Waals surface area contributed by atoms with Crippen LogP contribution in [-0.2, 0) is 0 Å². The summed E-state index contributed by atoms with van der Waals surface area (Å²) in [5.41, 5.74) is 1.48. The quantitative estimate of drug-likeness (QED) is 0.246. The van der Waals surface area contributed by atoms with Crippen LogP contribution in [0, 0.1) is 6.92 Å². The van der Waals surface area contributed by atoms with E-state index in [1.54, 1.807) is 2.89 Å². The summed E-state index contributed by atoms with van der Waals surface area (Å²) >= 11 is -0.397. The molecule has 0 bridgehead atoms. The summed E-state index contributed by atoms with van der Waals surface area (Å²) in [6, 6.07) is 0. The summed E-state index contributed by atoms with van der Waals surface area (Å²) in [5, 5.41) is 0.185. The Hall–Kier alpha value is -0.0144. The molecule has 0 fully saturated rings. The first-order chi connectivity index (χ1) is 14.0. The maximum absolute atomic E-state index is 6.68. The van der Waals surface area contributed by atoms with Crippen LogP contribution < -0.4 is 7.32 Å². The molecule has 0 aliphatic heterocycles. The third-order valence-electron chi connectivity index (χ3n) is 7.25. The van der Waals surface area contributed by atoms with E-state index in [4.69, 9.17) is 9.41 Å². The Kier molecular flexibility index (Phi) is 9.39. The molecule has 0 unspecified atom stereocenters. The predicted molar refractivity (Wildman–Crippen MR) is 140 cm³/mol. The van der Waals surface area contributed by atoms with Crippen molar-refractivity contribution in [2.24, 2.45) is 0 Å². The summed E-state index contributed by atoms with van der Waals surface area (Å²) in [6.45, 7) is 21.0. The van der Waals surface area contributed by atoms with Gasteiger partial charge in [-0.1, -0.05) is 0 Å². The van der Waals surface area contributed by atoms with Crippen LogP contribution >= 0.6 is 11.3 Å². The second kappa shape index (κ2) is 10.7. The van der Waals surface area contributed by atoms with Crippen molar-refractivity contribution in [2.45, 2.75) is 118 Å². The van der Waals surface area contributed by atoms with Crippen molar-refractivity contribution >= 4 is 45.8 Å². The monoisotopic (exact) mass is 558 g/mol. The molecule has 0 saturated heterocycles. The Labute approximate surface area is 195 Å². The molecular formula is C24H46N2OSSiSn. The number of fused-ring (bicyclic) bond motifs is 1. The fourth-order valence-corrected chi connectivity index (χ4v) is 26.5. The molecule has 30 heavy (non-hydrogen) atoms. The minimum atomic E-state index is -2.45. The maximum atomic E-state index is 6.68. The van der Waals surface area contributed by atoms with E-state index in [1.165, 1.54) is 62.4 Å². The van der Waals surface area contributed by atoms with Crippen LogP contribution in [-0.4, -0.2) is 36.1 Å². The number of rotatable bonds is 12. The third kappa shape index (κ3) is 5.66. The Balaban J connectivity index is 2.53. The Bertz CT molecular complexity index is 784. The number of hydrogen-bond donors (Lipinski definition) is 0. The van der Waals surface area contributed by atoms with Crippen LogP contribution in [0.2, 0.25) is 31.4 Å². The molecule has 0 aromatic carbocycles. The number of aryl methyl sites for hydroxylation is 1. The standard InChI is InChI=1S/C12H19N2OSSi.3C4H9.Sn/c1-9-7-16-11-10(13-8-14(9)11)15-17(5,6)12(2,3)4;3*1-3-4-2;/h8H,1-6H3;3*1,3-4H2,2H3;. The molecule has 2 aromatic rings. The van der Waals surface area contributed by atoms with E-state index in [0.29, 0.717) is 0 Å². The Morgan fingerprint density at radius 3 is 1.93 bits per heavy atom. The van der Waals surface area contributed by atoms with Crippen molar-refractivity contribution in [3.63, 3.8) is 0 Å². The van der Waals surface area contributed by atoms with E-state index in [0.717, 1.165) is 5.88 Å². The fourth-order valence-electron chi connectivity index (χ4n) is 4.15. The van der Waals surface area contributed by atoms with Gasteiger partial charge in [0.05, 0.1) is 0 Å². The zero-order valence-electron chi connectivity index (χ0n) is 21.2. The van der Waals surface area contributed by atoms with E-state index < -0.39 is 26.7 Å². The van der Waals surface area contributed by atoms with Gasteiger partial charge in [0.25, 0.3) is 0 Å². The molecule has 6 heteroatoms. The number of aromatic nitrogens is 2. The second-order valence-corrected chi connectivity index (χ2v) is 30.5. The number of thiazole rings is 1. The Morgan fingerprint density at radius 1 is 1.00 bits per heavy atom.